The predicted octanol–water partition coefficient (Wildman–Crippen LogP) is 2.92. The Morgan fingerprint density at radius 3 is 2.43 bits per heavy atom. The summed E-state index contributed by atoms with van der Waals surface area (Å²) in [7, 11) is 0. The number of pyridine rings is 1. The van der Waals surface area contributed by atoms with Gasteiger partial charge in [-0.1, -0.05) is 20.8 Å². The minimum atomic E-state index is 0.123. The van der Waals surface area contributed by atoms with E-state index in [4.69, 9.17) is 4.74 Å². The Hall–Kier alpha value is -1.05. The highest BCUT2D eigenvalue weighted by atomic mass is 16.5. The van der Waals surface area contributed by atoms with E-state index in [0.717, 1.165) is 11.4 Å². The highest BCUT2D eigenvalue weighted by Gasteiger charge is 2.23. The molecule has 1 aliphatic rings. The average molecular weight is 191 g/mol. The molecule has 1 aromatic heterocycles. The van der Waals surface area contributed by atoms with Gasteiger partial charge < -0.3 is 4.74 Å². The largest absolute Gasteiger partial charge is 0.489 e. The van der Waals surface area contributed by atoms with Gasteiger partial charge in [0, 0.05) is 11.1 Å². The van der Waals surface area contributed by atoms with Crippen LogP contribution in [0.3, 0.4) is 0 Å². The molecule has 0 N–H and O–H groups in total. The van der Waals surface area contributed by atoms with Gasteiger partial charge in [0.05, 0.1) is 12.3 Å². The van der Waals surface area contributed by atoms with Crippen molar-refractivity contribution in [2.24, 2.45) is 0 Å². The number of rotatable bonds is 2. The first-order valence-electron chi connectivity index (χ1n) is 5.19. The van der Waals surface area contributed by atoms with Gasteiger partial charge in [-0.25, -0.2) is 0 Å². The van der Waals surface area contributed by atoms with Gasteiger partial charge in [0.15, 0.2) is 0 Å². The van der Waals surface area contributed by atoms with Crippen LogP contribution in [0.2, 0.25) is 0 Å². The van der Waals surface area contributed by atoms with E-state index in [1.807, 2.05) is 12.3 Å². The quantitative estimate of drug-likeness (QED) is 0.717. The summed E-state index contributed by atoms with van der Waals surface area (Å²) in [6, 6.07) is 4.07. The average Bonchev–Trinajstić information content (AvgIpc) is 2.88. The summed E-state index contributed by atoms with van der Waals surface area (Å²) in [4.78, 5) is 4.41. The molecule has 76 valence electrons. The SMILES string of the molecule is CC(C)(C)c1ccc(OC2CC2)cn1. The van der Waals surface area contributed by atoms with Crippen molar-refractivity contribution in [3.8, 4) is 5.75 Å². The first kappa shape index (κ1) is 9.50. The number of nitrogens with zero attached hydrogens (tertiary/aromatic N) is 1. The second-order valence-corrected chi connectivity index (χ2v) is 4.95. The van der Waals surface area contributed by atoms with Crippen molar-refractivity contribution in [2.45, 2.75) is 45.1 Å². The molecule has 2 heteroatoms. The fourth-order valence-electron chi connectivity index (χ4n) is 1.27. The fraction of sp³-hybridized carbons (Fsp3) is 0.583. The third-order valence-corrected chi connectivity index (χ3v) is 2.33. The maximum Gasteiger partial charge on any atom is 0.138 e. The molecule has 0 radical (unpaired) electrons. The first-order chi connectivity index (χ1) is 6.55. The molecule has 0 saturated heterocycles. The zero-order chi connectivity index (χ0) is 10.2. The lowest BCUT2D eigenvalue weighted by molar-refractivity contribution is 0.301. The van der Waals surface area contributed by atoms with Gasteiger partial charge in [0.2, 0.25) is 0 Å². The molecular formula is C12H17NO. The van der Waals surface area contributed by atoms with Crippen LogP contribution in [-0.4, -0.2) is 11.1 Å². The normalized spacial score (nSPS) is 16.8. The second-order valence-electron chi connectivity index (χ2n) is 4.95. The molecule has 0 atom stereocenters. The molecule has 1 aromatic rings. The van der Waals surface area contributed by atoms with Crippen LogP contribution < -0.4 is 4.74 Å². The number of hydrogen-bond acceptors (Lipinski definition) is 2. The Balaban J connectivity index is 2.08. The van der Waals surface area contributed by atoms with Gasteiger partial charge in [0.1, 0.15) is 5.75 Å². The van der Waals surface area contributed by atoms with E-state index in [1.54, 1.807) is 0 Å². The van der Waals surface area contributed by atoms with Crippen LogP contribution in [0.15, 0.2) is 18.3 Å². The van der Waals surface area contributed by atoms with Gasteiger partial charge in [-0.05, 0) is 25.0 Å². The summed E-state index contributed by atoms with van der Waals surface area (Å²) in [5.41, 5.74) is 1.23. The summed E-state index contributed by atoms with van der Waals surface area (Å²) < 4.78 is 5.63. The lowest BCUT2D eigenvalue weighted by Gasteiger charge is -2.17. The number of aromatic nitrogens is 1. The van der Waals surface area contributed by atoms with Gasteiger partial charge in [-0.2, -0.15) is 0 Å². The minimum Gasteiger partial charge on any atom is -0.489 e. The minimum absolute atomic E-state index is 0.123. The van der Waals surface area contributed by atoms with Crippen LogP contribution in [0.5, 0.6) is 5.75 Å². The van der Waals surface area contributed by atoms with E-state index in [1.165, 1.54) is 12.8 Å². The standard InChI is InChI=1S/C12H17NO/c1-12(2,3)11-7-6-10(8-13-11)14-9-4-5-9/h6-9H,4-5H2,1-3H3. The molecule has 1 aliphatic carbocycles. The van der Waals surface area contributed by atoms with Gasteiger partial charge in [0.25, 0.3) is 0 Å². The third-order valence-electron chi connectivity index (χ3n) is 2.33. The lowest BCUT2D eigenvalue weighted by Crippen LogP contribution is -2.13. The van der Waals surface area contributed by atoms with Crippen molar-refractivity contribution in [3.63, 3.8) is 0 Å². The van der Waals surface area contributed by atoms with Crippen LogP contribution in [-0.2, 0) is 5.41 Å². The van der Waals surface area contributed by atoms with Crippen LogP contribution >= 0.6 is 0 Å². The summed E-state index contributed by atoms with van der Waals surface area (Å²) in [5, 5.41) is 0. The van der Waals surface area contributed by atoms with Crippen LogP contribution in [0.25, 0.3) is 0 Å². The Morgan fingerprint density at radius 1 is 1.29 bits per heavy atom. The highest BCUT2D eigenvalue weighted by Crippen LogP contribution is 2.27. The van der Waals surface area contributed by atoms with Crippen molar-refractivity contribution in [3.05, 3.63) is 24.0 Å². The maximum atomic E-state index is 5.63. The van der Waals surface area contributed by atoms with E-state index < -0.39 is 0 Å². The van der Waals surface area contributed by atoms with Gasteiger partial charge in [-0.3, -0.25) is 4.98 Å². The molecule has 0 aliphatic heterocycles. The van der Waals surface area contributed by atoms with Crippen molar-refractivity contribution < 1.29 is 4.74 Å². The monoisotopic (exact) mass is 191 g/mol. The second kappa shape index (κ2) is 3.26. The van der Waals surface area contributed by atoms with E-state index in [-0.39, 0.29) is 5.41 Å². The summed E-state index contributed by atoms with van der Waals surface area (Å²) in [6.07, 6.45) is 4.68. The molecule has 0 spiro atoms. The lowest BCUT2D eigenvalue weighted by atomic mass is 9.92. The Bertz CT molecular complexity index is 306. The van der Waals surface area contributed by atoms with Gasteiger partial charge >= 0.3 is 0 Å². The van der Waals surface area contributed by atoms with Crippen molar-refractivity contribution in [1.82, 2.24) is 4.98 Å². The van der Waals surface area contributed by atoms with Crippen molar-refractivity contribution >= 4 is 0 Å². The first-order valence-corrected chi connectivity index (χ1v) is 5.19. The topological polar surface area (TPSA) is 22.1 Å². The molecule has 0 aromatic carbocycles. The molecular weight excluding hydrogens is 174 g/mol. The molecule has 14 heavy (non-hydrogen) atoms. The van der Waals surface area contributed by atoms with E-state index >= 15 is 0 Å². The van der Waals surface area contributed by atoms with Crippen molar-refractivity contribution in [2.75, 3.05) is 0 Å². The van der Waals surface area contributed by atoms with Crippen LogP contribution in [0, 0.1) is 0 Å². The fourth-order valence-corrected chi connectivity index (χ4v) is 1.27. The highest BCUT2D eigenvalue weighted by molar-refractivity contribution is 5.23. The zero-order valence-electron chi connectivity index (χ0n) is 9.08. The maximum absolute atomic E-state index is 5.63. The number of ether oxygens (including phenoxy) is 1. The Labute approximate surface area is 85.3 Å². The van der Waals surface area contributed by atoms with Crippen molar-refractivity contribution in [1.29, 1.82) is 0 Å². The molecule has 1 fully saturated rings. The van der Waals surface area contributed by atoms with Crippen LogP contribution in [0.4, 0.5) is 0 Å². The summed E-state index contributed by atoms with van der Waals surface area (Å²) in [6.45, 7) is 6.49. The third kappa shape index (κ3) is 2.25. The molecule has 0 bridgehead atoms. The molecule has 1 saturated carbocycles. The molecule has 0 amide bonds. The van der Waals surface area contributed by atoms with E-state index in [0.29, 0.717) is 6.10 Å². The molecule has 2 nitrogen and oxygen atoms in total. The smallest absolute Gasteiger partial charge is 0.138 e. The number of hydrogen-bond donors (Lipinski definition) is 0. The zero-order valence-corrected chi connectivity index (χ0v) is 9.08. The van der Waals surface area contributed by atoms with Crippen LogP contribution in [0.1, 0.15) is 39.3 Å². The Kier molecular flexibility index (Phi) is 2.22. The van der Waals surface area contributed by atoms with E-state index in [9.17, 15) is 0 Å². The Morgan fingerprint density at radius 2 is 2.00 bits per heavy atom. The molecule has 0 unspecified atom stereocenters. The molecule has 2 rings (SSSR count). The summed E-state index contributed by atoms with van der Waals surface area (Å²) >= 11 is 0. The summed E-state index contributed by atoms with van der Waals surface area (Å²) in [5.74, 6) is 0.903. The van der Waals surface area contributed by atoms with E-state index in [2.05, 4.69) is 31.8 Å². The molecule has 1 heterocycles. The van der Waals surface area contributed by atoms with Gasteiger partial charge in [-0.15, -0.1) is 0 Å². The predicted molar refractivity (Wildman–Crippen MR) is 56.6 cm³/mol.